The third-order valence-corrected chi connectivity index (χ3v) is 2.59. The van der Waals surface area contributed by atoms with E-state index in [0.717, 1.165) is 17.5 Å². The van der Waals surface area contributed by atoms with Gasteiger partial charge in [0.25, 0.3) is 0 Å². The van der Waals surface area contributed by atoms with Crippen molar-refractivity contribution in [3.05, 3.63) is 58.1 Å². The molecule has 4 heteroatoms. The Labute approximate surface area is 113 Å². The predicted octanol–water partition coefficient (Wildman–Crippen LogP) is 4.27. The van der Waals surface area contributed by atoms with Gasteiger partial charge in [0, 0.05) is 0 Å². The SMILES string of the molecule is CC/C=C\c1ccccc1C/C([N+]#N)=C(/O)OCC. The third kappa shape index (κ3) is 4.47. The molecule has 1 N–H and O–H groups in total. The van der Waals surface area contributed by atoms with Gasteiger partial charge in [-0.25, -0.2) is 0 Å². The number of allylic oxidation sites excluding steroid dienone is 2. The number of ether oxygens (including phenoxy) is 1. The van der Waals surface area contributed by atoms with Crippen LogP contribution in [0.25, 0.3) is 11.1 Å². The molecule has 0 saturated carbocycles. The van der Waals surface area contributed by atoms with Gasteiger partial charge in [-0.15, -0.1) is 0 Å². The van der Waals surface area contributed by atoms with Crippen LogP contribution in [0.5, 0.6) is 0 Å². The highest BCUT2D eigenvalue weighted by molar-refractivity contribution is 5.54. The van der Waals surface area contributed by atoms with Gasteiger partial charge < -0.3 is 9.84 Å². The molecule has 0 saturated heterocycles. The van der Waals surface area contributed by atoms with E-state index in [9.17, 15) is 5.11 Å². The van der Waals surface area contributed by atoms with Gasteiger partial charge in [-0.1, -0.05) is 43.3 Å². The van der Waals surface area contributed by atoms with Crippen LogP contribution in [0.15, 0.2) is 42.0 Å². The van der Waals surface area contributed by atoms with E-state index in [1.54, 1.807) is 6.92 Å². The van der Waals surface area contributed by atoms with Crippen LogP contribution >= 0.6 is 0 Å². The lowest BCUT2D eigenvalue weighted by atomic mass is 10.0. The molecule has 1 rings (SSSR count). The summed E-state index contributed by atoms with van der Waals surface area (Å²) >= 11 is 0. The lowest BCUT2D eigenvalue weighted by Gasteiger charge is -2.02. The average molecular weight is 259 g/mol. The van der Waals surface area contributed by atoms with Crippen molar-refractivity contribution in [2.75, 3.05) is 6.61 Å². The molecule has 0 aromatic heterocycles. The van der Waals surface area contributed by atoms with E-state index in [0.29, 0.717) is 13.0 Å². The molecule has 1 aromatic rings. The van der Waals surface area contributed by atoms with E-state index in [1.807, 2.05) is 30.3 Å². The minimum Gasteiger partial charge on any atom is -0.475 e. The molecular weight excluding hydrogens is 240 g/mol. The number of nitrogens with zero attached hydrogens (tertiary/aromatic N) is 2. The molecule has 0 fully saturated rings. The van der Waals surface area contributed by atoms with Crippen LogP contribution < -0.4 is 0 Å². The molecule has 100 valence electrons. The predicted molar refractivity (Wildman–Crippen MR) is 75.8 cm³/mol. The van der Waals surface area contributed by atoms with Crippen molar-refractivity contribution in [2.45, 2.75) is 26.7 Å². The quantitative estimate of drug-likeness (QED) is 0.613. The van der Waals surface area contributed by atoms with Crippen LogP contribution in [0.1, 0.15) is 31.4 Å². The Morgan fingerprint density at radius 3 is 2.74 bits per heavy atom. The number of hydrogen-bond donors (Lipinski definition) is 1. The molecular formula is C15H19N2O2+. The zero-order valence-electron chi connectivity index (χ0n) is 11.3. The molecule has 0 unspecified atom stereocenters. The average Bonchev–Trinajstić information content (AvgIpc) is 2.43. The summed E-state index contributed by atoms with van der Waals surface area (Å²) in [6, 6.07) is 7.76. The molecule has 0 aliphatic carbocycles. The number of hydrogen-bond acceptors (Lipinski definition) is 3. The van der Waals surface area contributed by atoms with Gasteiger partial charge in [0.15, 0.2) is 4.98 Å². The second-order valence-corrected chi connectivity index (χ2v) is 3.97. The molecule has 4 nitrogen and oxygen atoms in total. The second-order valence-electron chi connectivity index (χ2n) is 3.97. The van der Waals surface area contributed by atoms with Crippen LogP contribution in [0, 0.1) is 5.39 Å². The second kappa shape index (κ2) is 7.93. The summed E-state index contributed by atoms with van der Waals surface area (Å²) in [5.74, 6) is -0.334. The van der Waals surface area contributed by atoms with Gasteiger partial charge in [0.2, 0.25) is 5.39 Å². The van der Waals surface area contributed by atoms with Crippen molar-refractivity contribution in [2.24, 2.45) is 0 Å². The highest BCUT2D eigenvalue weighted by Crippen LogP contribution is 2.18. The Kier molecular flexibility index (Phi) is 6.17. The first-order valence-corrected chi connectivity index (χ1v) is 6.37. The number of aliphatic hydroxyl groups excluding tert-OH is 1. The highest BCUT2D eigenvalue weighted by Gasteiger charge is 2.22. The summed E-state index contributed by atoms with van der Waals surface area (Å²) in [6.07, 6.45) is 5.33. The Balaban J connectivity index is 3.01. The maximum atomic E-state index is 9.62. The van der Waals surface area contributed by atoms with Crippen LogP contribution in [0.2, 0.25) is 0 Å². The first-order chi connectivity index (χ1) is 9.22. The largest absolute Gasteiger partial charge is 0.475 e. The van der Waals surface area contributed by atoms with Crippen LogP contribution in [0.4, 0.5) is 0 Å². The molecule has 1 aromatic carbocycles. The first kappa shape index (κ1) is 14.8. The molecule has 0 atom stereocenters. The van der Waals surface area contributed by atoms with Crippen molar-refractivity contribution in [3.8, 4) is 0 Å². The Morgan fingerprint density at radius 1 is 1.37 bits per heavy atom. The molecule has 0 spiro atoms. The number of benzene rings is 1. The summed E-state index contributed by atoms with van der Waals surface area (Å²) < 4.78 is 4.95. The van der Waals surface area contributed by atoms with E-state index >= 15 is 0 Å². The van der Waals surface area contributed by atoms with Gasteiger partial charge in [-0.05, 0) is 24.5 Å². The fourth-order valence-electron chi connectivity index (χ4n) is 1.66. The monoisotopic (exact) mass is 259 g/mol. The lowest BCUT2D eigenvalue weighted by Crippen LogP contribution is -1.98. The van der Waals surface area contributed by atoms with Gasteiger partial charge in [-0.3, -0.25) is 0 Å². The normalized spacial score (nSPS) is 12.1. The van der Waals surface area contributed by atoms with E-state index in [1.165, 1.54) is 0 Å². The van der Waals surface area contributed by atoms with E-state index in [2.05, 4.69) is 18.0 Å². The van der Waals surface area contributed by atoms with Crippen molar-refractivity contribution in [1.29, 1.82) is 5.39 Å². The minimum atomic E-state index is -0.334. The third-order valence-electron chi connectivity index (χ3n) is 2.59. The standard InChI is InChI=1S/C15H18N2O2/c1-3-5-8-12-9-6-7-10-13(12)11-14(17-16)15(18)19-4-2/h5-10H,3-4,11H2,1-2H3/p+1/b8-5-,15-14+. The molecule has 0 aliphatic rings. The Hall–Kier alpha value is -2.28. The summed E-state index contributed by atoms with van der Waals surface area (Å²) in [5.41, 5.74) is 2.13. The summed E-state index contributed by atoms with van der Waals surface area (Å²) in [7, 11) is 0. The number of rotatable bonds is 6. The van der Waals surface area contributed by atoms with Crippen molar-refractivity contribution in [1.82, 2.24) is 0 Å². The first-order valence-electron chi connectivity index (χ1n) is 6.37. The van der Waals surface area contributed by atoms with E-state index in [-0.39, 0.29) is 11.6 Å². The summed E-state index contributed by atoms with van der Waals surface area (Å²) in [4.78, 5) is 3.10. The van der Waals surface area contributed by atoms with Crippen LogP contribution in [-0.4, -0.2) is 11.7 Å². The highest BCUT2D eigenvalue weighted by atomic mass is 16.6. The maximum Gasteiger partial charge on any atom is 0.444 e. The van der Waals surface area contributed by atoms with Gasteiger partial charge in [-0.2, -0.15) is 0 Å². The molecule has 0 heterocycles. The smallest absolute Gasteiger partial charge is 0.444 e. The van der Waals surface area contributed by atoms with Crippen molar-refractivity contribution in [3.63, 3.8) is 0 Å². The van der Waals surface area contributed by atoms with Gasteiger partial charge in [0.05, 0.1) is 13.0 Å². The zero-order valence-corrected chi connectivity index (χ0v) is 11.3. The number of diazo groups is 1. The van der Waals surface area contributed by atoms with E-state index in [4.69, 9.17) is 10.1 Å². The molecule has 0 amide bonds. The Morgan fingerprint density at radius 2 is 2.11 bits per heavy atom. The van der Waals surface area contributed by atoms with Gasteiger partial charge >= 0.3 is 11.6 Å². The fraction of sp³-hybridized carbons (Fsp3) is 0.333. The molecule has 0 aliphatic heterocycles. The van der Waals surface area contributed by atoms with Gasteiger partial charge in [0.1, 0.15) is 0 Å². The summed E-state index contributed by atoms with van der Waals surface area (Å²) in [5, 5.41) is 18.6. The Bertz CT molecular complexity index is 513. The summed E-state index contributed by atoms with van der Waals surface area (Å²) in [6.45, 7) is 4.14. The minimum absolute atomic E-state index is 0.124. The van der Waals surface area contributed by atoms with Crippen LogP contribution in [0.3, 0.4) is 0 Å². The fourth-order valence-corrected chi connectivity index (χ4v) is 1.66. The van der Waals surface area contributed by atoms with Crippen LogP contribution in [-0.2, 0) is 11.2 Å². The van der Waals surface area contributed by atoms with Crippen molar-refractivity contribution < 1.29 is 9.84 Å². The topological polar surface area (TPSA) is 57.6 Å². The molecule has 0 radical (unpaired) electrons. The number of aliphatic hydroxyl groups is 1. The van der Waals surface area contributed by atoms with E-state index < -0.39 is 0 Å². The lowest BCUT2D eigenvalue weighted by molar-refractivity contribution is 0.0982. The maximum absolute atomic E-state index is 9.62. The molecule has 19 heavy (non-hydrogen) atoms. The van der Waals surface area contributed by atoms with Crippen molar-refractivity contribution >= 4 is 6.08 Å². The zero-order chi connectivity index (χ0) is 14.1. The molecule has 0 bridgehead atoms.